The zero-order valence-corrected chi connectivity index (χ0v) is 12.8. The number of hydrogen-bond acceptors (Lipinski definition) is 6. The van der Waals surface area contributed by atoms with Gasteiger partial charge in [-0.3, -0.25) is 0 Å². The molecular weight excluding hydrogens is 314 g/mol. The molecule has 1 aromatic heterocycles. The third-order valence-corrected chi connectivity index (χ3v) is 5.75. The summed E-state index contributed by atoms with van der Waals surface area (Å²) in [6.45, 7) is 0. The van der Waals surface area contributed by atoms with Crippen molar-refractivity contribution in [3.63, 3.8) is 0 Å². The van der Waals surface area contributed by atoms with E-state index in [1.807, 2.05) is 0 Å². The second-order valence-corrected chi connectivity index (χ2v) is 7.48. The number of phenols is 1. The Kier molecular flexibility index (Phi) is 2.99. The van der Waals surface area contributed by atoms with Gasteiger partial charge in [0.2, 0.25) is 0 Å². The molecule has 23 heavy (non-hydrogen) atoms. The van der Waals surface area contributed by atoms with E-state index in [0.717, 1.165) is 16.6 Å². The number of aryl methyl sites for hydroxylation is 1. The molecule has 3 aromatic rings. The van der Waals surface area contributed by atoms with Gasteiger partial charge in [-0.25, -0.2) is 18.4 Å². The van der Waals surface area contributed by atoms with Crippen LogP contribution in [0.1, 0.15) is 5.56 Å². The van der Waals surface area contributed by atoms with Gasteiger partial charge in [-0.1, -0.05) is 0 Å². The molecule has 2 heterocycles. The van der Waals surface area contributed by atoms with Crippen LogP contribution in [0.5, 0.6) is 5.75 Å². The van der Waals surface area contributed by atoms with Crippen LogP contribution in [0.2, 0.25) is 0 Å². The standard InChI is InChI=1S/C16H13N3O3S/c20-11-3-1-10(2-4-11)19-16-15-12-7-8-23(21,22)14(12)6-5-13(15)17-9-18-16/h1-6,9,20H,7-8H2,(H,17,18,19). The number of fused-ring (bicyclic) bond motifs is 3. The summed E-state index contributed by atoms with van der Waals surface area (Å²) in [5.41, 5.74) is 2.22. The normalized spacial score (nSPS) is 15.5. The highest BCUT2D eigenvalue weighted by molar-refractivity contribution is 7.91. The van der Waals surface area contributed by atoms with E-state index >= 15 is 0 Å². The quantitative estimate of drug-likeness (QED) is 0.702. The molecule has 0 radical (unpaired) electrons. The summed E-state index contributed by atoms with van der Waals surface area (Å²) in [7, 11) is -3.21. The molecule has 0 saturated heterocycles. The number of sulfone groups is 1. The summed E-state index contributed by atoms with van der Waals surface area (Å²) in [6, 6.07) is 9.92. The van der Waals surface area contributed by atoms with Gasteiger partial charge in [0.15, 0.2) is 9.84 Å². The van der Waals surface area contributed by atoms with Gasteiger partial charge in [0, 0.05) is 11.1 Å². The Morgan fingerprint density at radius 2 is 1.83 bits per heavy atom. The second kappa shape index (κ2) is 4.92. The van der Waals surface area contributed by atoms with Gasteiger partial charge in [0.25, 0.3) is 0 Å². The molecule has 0 unspecified atom stereocenters. The maximum absolute atomic E-state index is 12.1. The molecule has 0 aliphatic carbocycles. The van der Waals surface area contributed by atoms with E-state index in [9.17, 15) is 13.5 Å². The maximum atomic E-state index is 12.1. The Morgan fingerprint density at radius 1 is 1.04 bits per heavy atom. The van der Waals surface area contributed by atoms with Crippen molar-refractivity contribution in [3.8, 4) is 5.75 Å². The number of phenolic OH excluding ortho intramolecular Hbond substituents is 1. The molecule has 2 aromatic carbocycles. The van der Waals surface area contributed by atoms with Crippen molar-refractivity contribution in [2.75, 3.05) is 11.1 Å². The zero-order valence-electron chi connectivity index (χ0n) is 12.0. The van der Waals surface area contributed by atoms with Crippen LogP contribution in [0, 0.1) is 0 Å². The Morgan fingerprint density at radius 3 is 2.61 bits per heavy atom. The highest BCUT2D eigenvalue weighted by Crippen LogP contribution is 2.35. The molecule has 0 fully saturated rings. The van der Waals surface area contributed by atoms with Gasteiger partial charge in [0.1, 0.15) is 17.9 Å². The van der Waals surface area contributed by atoms with Gasteiger partial charge in [-0.2, -0.15) is 0 Å². The van der Waals surface area contributed by atoms with Gasteiger partial charge in [0.05, 0.1) is 16.2 Å². The largest absolute Gasteiger partial charge is 0.508 e. The summed E-state index contributed by atoms with van der Waals surface area (Å²) in [4.78, 5) is 8.88. The first-order chi connectivity index (χ1) is 11.0. The van der Waals surface area contributed by atoms with Crippen LogP contribution in [0.15, 0.2) is 47.6 Å². The van der Waals surface area contributed by atoms with Crippen LogP contribution in [-0.4, -0.2) is 29.2 Å². The van der Waals surface area contributed by atoms with E-state index in [1.54, 1.807) is 36.4 Å². The van der Waals surface area contributed by atoms with E-state index in [0.29, 0.717) is 22.7 Å². The second-order valence-electron chi connectivity index (χ2n) is 5.40. The summed E-state index contributed by atoms with van der Waals surface area (Å²) >= 11 is 0. The van der Waals surface area contributed by atoms with Crippen molar-refractivity contribution in [1.29, 1.82) is 0 Å². The number of hydrogen-bond donors (Lipinski definition) is 2. The van der Waals surface area contributed by atoms with E-state index in [4.69, 9.17) is 0 Å². The number of benzene rings is 2. The minimum atomic E-state index is -3.21. The first-order valence-corrected chi connectivity index (χ1v) is 8.75. The van der Waals surface area contributed by atoms with Gasteiger partial charge in [-0.15, -0.1) is 0 Å². The molecule has 1 aliphatic rings. The summed E-state index contributed by atoms with van der Waals surface area (Å²) in [5.74, 6) is 0.861. The minimum absolute atomic E-state index is 0.120. The van der Waals surface area contributed by atoms with Gasteiger partial charge >= 0.3 is 0 Å². The molecule has 116 valence electrons. The SMILES string of the molecule is O=S1(=O)CCc2c1ccc1ncnc(Nc3ccc(O)cc3)c21. The molecule has 6 nitrogen and oxygen atoms in total. The van der Waals surface area contributed by atoms with Crippen LogP contribution in [0.4, 0.5) is 11.5 Å². The fourth-order valence-corrected chi connectivity index (χ4v) is 4.41. The first kappa shape index (κ1) is 14.0. The van der Waals surface area contributed by atoms with Crippen LogP contribution < -0.4 is 5.32 Å². The third kappa shape index (κ3) is 2.29. The highest BCUT2D eigenvalue weighted by atomic mass is 32.2. The number of rotatable bonds is 2. The van der Waals surface area contributed by atoms with Gasteiger partial charge in [-0.05, 0) is 48.4 Å². The Balaban J connectivity index is 1.90. The average molecular weight is 327 g/mol. The van der Waals surface area contributed by atoms with Gasteiger partial charge < -0.3 is 10.4 Å². The Labute approximate surface area is 132 Å². The van der Waals surface area contributed by atoms with Crippen LogP contribution >= 0.6 is 0 Å². The van der Waals surface area contributed by atoms with E-state index in [1.165, 1.54) is 6.33 Å². The van der Waals surface area contributed by atoms with Crippen molar-refractivity contribution < 1.29 is 13.5 Å². The highest BCUT2D eigenvalue weighted by Gasteiger charge is 2.29. The predicted octanol–water partition coefficient (Wildman–Crippen LogP) is 2.41. The molecule has 1 aliphatic heterocycles. The maximum Gasteiger partial charge on any atom is 0.179 e. The summed E-state index contributed by atoms with van der Waals surface area (Å²) in [5, 5.41) is 13.3. The van der Waals surface area contributed by atoms with Crippen LogP contribution in [0.25, 0.3) is 10.9 Å². The summed E-state index contributed by atoms with van der Waals surface area (Å²) < 4.78 is 24.2. The number of aromatic hydroxyl groups is 1. The summed E-state index contributed by atoms with van der Waals surface area (Å²) in [6.07, 6.45) is 1.91. The lowest BCUT2D eigenvalue weighted by Gasteiger charge is -2.11. The lowest BCUT2D eigenvalue weighted by Crippen LogP contribution is -2.00. The molecule has 0 amide bonds. The molecule has 2 N–H and O–H groups in total. The zero-order chi connectivity index (χ0) is 16.0. The smallest absolute Gasteiger partial charge is 0.179 e. The Hall–Kier alpha value is -2.67. The molecule has 7 heteroatoms. The fourth-order valence-electron chi connectivity index (χ4n) is 2.86. The third-order valence-electron chi connectivity index (χ3n) is 3.95. The van der Waals surface area contributed by atoms with Crippen LogP contribution in [0.3, 0.4) is 0 Å². The average Bonchev–Trinajstić information content (AvgIpc) is 2.85. The lowest BCUT2D eigenvalue weighted by atomic mass is 10.1. The van der Waals surface area contributed by atoms with Crippen LogP contribution in [-0.2, 0) is 16.3 Å². The molecule has 0 spiro atoms. The Bertz CT molecular complexity index is 1010. The minimum Gasteiger partial charge on any atom is -0.508 e. The fraction of sp³-hybridized carbons (Fsp3) is 0.125. The molecule has 0 bridgehead atoms. The lowest BCUT2D eigenvalue weighted by molar-refractivity contribution is 0.475. The monoisotopic (exact) mass is 327 g/mol. The number of aromatic nitrogens is 2. The van der Waals surface area contributed by atoms with Crippen molar-refractivity contribution in [1.82, 2.24) is 9.97 Å². The molecule has 0 atom stereocenters. The topological polar surface area (TPSA) is 92.2 Å². The number of nitrogens with one attached hydrogen (secondary N) is 1. The van der Waals surface area contributed by atoms with Crippen molar-refractivity contribution in [2.24, 2.45) is 0 Å². The van der Waals surface area contributed by atoms with E-state index < -0.39 is 9.84 Å². The van der Waals surface area contributed by atoms with E-state index in [-0.39, 0.29) is 11.5 Å². The van der Waals surface area contributed by atoms with E-state index in [2.05, 4.69) is 15.3 Å². The molecular formula is C16H13N3O3S. The first-order valence-electron chi connectivity index (χ1n) is 7.10. The van der Waals surface area contributed by atoms with Crippen molar-refractivity contribution in [2.45, 2.75) is 11.3 Å². The van der Waals surface area contributed by atoms with Crippen molar-refractivity contribution >= 4 is 32.2 Å². The molecule has 4 rings (SSSR count). The predicted molar refractivity (Wildman–Crippen MR) is 86.7 cm³/mol. The number of nitrogens with zero attached hydrogens (tertiary/aromatic N) is 2. The molecule has 0 saturated carbocycles. The van der Waals surface area contributed by atoms with Crippen molar-refractivity contribution in [3.05, 3.63) is 48.3 Å². The number of anilines is 2.